The van der Waals surface area contributed by atoms with E-state index in [0.29, 0.717) is 5.88 Å². The number of anilines is 1. The molecule has 0 radical (unpaired) electrons. The molecule has 1 aromatic carbocycles. The summed E-state index contributed by atoms with van der Waals surface area (Å²) in [6.45, 7) is 0.961. The minimum atomic E-state index is 0.541. The monoisotopic (exact) mass is 338 g/mol. The molecule has 0 bridgehead atoms. The highest BCUT2D eigenvalue weighted by molar-refractivity contribution is 9.10. The van der Waals surface area contributed by atoms with E-state index in [9.17, 15) is 0 Å². The zero-order valence-corrected chi connectivity index (χ0v) is 13.2. The van der Waals surface area contributed by atoms with Crippen LogP contribution in [0.15, 0.2) is 47.2 Å². The molecule has 100 valence electrons. The van der Waals surface area contributed by atoms with Crippen LogP contribution in [0.4, 0.5) is 5.69 Å². The Labute approximate surface area is 127 Å². The molecule has 0 saturated heterocycles. The molecular weight excluding hydrogens is 324 g/mol. The Kier molecular flexibility index (Phi) is 5.23. The zero-order valence-electron chi connectivity index (χ0n) is 10.8. The van der Waals surface area contributed by atoms with Gasteiger partial charge < -0.3 is 4.90 Å². The second-order valence-electron chi connectivity index (χ2n) is 4.45. The average molecular weight is 340 g/mol. The number of rotatable bonds is 5. The third-order valence-corrected chi connectivity index (χ3v) is 4.01. The fourth-order valence-electron chi connectivity index (χ4n) is 1.91. The van der Waals surface area contributed by atoms with Gasteiger partial charge in [-0.1, -0.05) is 6.07 Å². The summed E-state index contributed by atoms with van der Waals surface area (Å²) in [7, 11) is 2.10. The molecule has 2 aromatic rings. The molecule has 1 heterocycles. The summed E-state index contributed by atoms with van der Waals surface area (Å²) in [6, 6.07) is 10.4. The number of halogens is 2. The van der Waals surface area contributed by atoms with Crippen LogP contribution < -0.4 is 4.90 Å². The Morgan fingerprint density at radius 3 is 2.53 bits per heavy atom. The Morgan fingerprint density at radius 1 is 1.16 bits per heavy atom. The van der Waals surface area contributed by atoms with Crippen LogP contribution in [-0.2, 0) is 12.3 Å². The minimum Gasteiger partial charge on any atom is -0.373 e. The second-order valence-corrected chi connectivity index (χ2v) is 5.57. The summed E-state index contributed by atoms with van der Waals surface area (Å²) < 4.78 is 1.09. The van der Waals surface area contributed by atoms with Gasteiger partial charge in [0.05, 0.1) is 5.69 Å². The van der Waals surface area contributed by atoms with Crippen molar-refractivity contribution < 1.29 is 0 Å². The van der Waals surface area contributed by atoms with Gasteiger partial charge in [0.25, 0.3) is 0 Å². The predicted molar refractivity (Wildman–Crippen MR) is 84.9 cm³/mol. The van der Waals surface area contributed by atoms with Crippen molar-refractivity contribution in [3.05, 3.63) is 58.3 Å². The SMILES string of the molecule is CN(CCc1ccncc1)c1ccc(CCl)cc1Br. The minimum absolute atomic E-state index is 0.541. The summed E-state index contributed by atoms with van der Waals surface area (Å²) in [5.74, 6) is 0.541. The summed E-state index contributed by atoms with van der Waals surface area (Å²) in [5.41, 5.74) is 3.61. The first-order chi connectivity index (χ1) is 9.20. The van der Waals surface area contributed by atoms with Crippen LogP contribution in [0, 0.1) is 0 Å². The van der Waals surface area contributed by atoms with Gasteiger partial charge in [0, 0.05) is 36.3 Å². The van der Waals surface area contributed by atoms with Crippen LogP contribution in [-0.4, -0.2) is 18.6 Å². The first kappa shape index (κ1) is 14.4. The summed E-state index contributed by atoms with van der Waals surface area (Å²) in [6.07, 6.45) is 4.67. The number of aromatic nitrogens is 1. The Bertz CT molecular complexity index is 531. The average Bonchev–Trinajstić information content (AvgIpc) is 2.45. The molecule has 0 saturated carbocycles. The largest absolute Gasteiger partial charge is 0.373 e. The summed E-state index contributed by atoms with van der Waals surface area (Å²) in [5, 5.41) is 0. The fraction of sp³-hybridized carbons (Fsp3) is 0.267. The van der Waals surface area contributed by atoms with Crippen LogP contribution >= 0.6 is 27.5 Å². The van der Waals surface area contributed by atoms with Crippen LogP contribution in [0.3, 0.4) is 0 Å². The van der Waals surface area contributed by atoms with E-state index in [1.165, 1.54) is 11.3 Å². The third-order valence-electron chi connectivity index (χ3n) is 3.06. The maximum absolute atomic E-state index is 5.83. The fourth-order valence-corrected chi connectivity index (χ4v) is 2.80. The molecule has 1 aromatic heterocycles. The molecule has 0 aliphatic carbocycles. The second kappa shape index (κ2) is 6.92. The highest BCUT2D eigenvalue weighted by Gasteiger charge is 2.06. The lowest BCUT2D eigenvalue weighted by Crippen LogP contribution is -2.20. The van der Waals surface area contributed by atoms with E-state index < -0.39 is 0 Å². The molecule has 0 aliphatic heterocycles. The summed E-state index contributed by atoms with van der Waals surface area (Å²) >= 11 is 9.44. The molecule has 0 amide bonds. The molecule has 0 fully saturated rings. The van der Waals surface area contributed by atoms with E-state index in [0.717, 1.165) is 23.0 Å². The zero-order chi connectivity index (χ0) is 13.7. The van der Waals surface area contributed by atoms with E-state index in [2.05, 4.69) is 63.2 Å². The van der Waals surface area contributed by atoms with Gasteiger partial charge in [0.2, 0.25) is 0 Å². The van der Waals surface area contributed by atoms with Crippen LogP contribution in [0.5, 0.6) is 0 Å². The van der Waals surface area contributed by atoms with Crippen molar-refractivity contribution in [1.29, 1.82) is 0 Å². The van der Waals surface area contributed by atoms with Crippen LogP contribution in [0.25, 0.3) is 0 Å². The van der Waals surface area contributed by atoms with Crippen LogP contribution in [0.1, 0.15) is 11.1 Å². The third kappa shape index (κ3) is 3.95. The Hall–Kier alpha value is -1.06. The number of hydrogen-bond donors (Lipinski definition) is 0. The number of alkyl halides is 1. The molecule has 0 unspecified atom stereocenters. The van der Waals surface area contributed by atoms with E-state index >= 15 is 0 Å². The number of hydrogen-bond acceptors (Lipinski definition) is 2. The van der Waals surface area contributed by atoms with Gasteiger partial charge in [-0.3, -0.25) is 4.98 Å². The van der Waals surface area contributed by atoms with Gasteiger partial charge in [-0.2, -0.15) is 0 Å². The maximum Gasteiger partial charge on any atom is 0.0508 e. The van der Waals surface area contributed by atoms with E-state index in [4.69, 9.17) is 11.6 Å². The lowest BCUT2D eigenvalue weighted by molar-refractivity contribution is 0.872. The highest BCUT2D eigenvalue weighted by Crippen LogP contribution is 2.27. The lowest BCUT2D eigenvalue weighted by atomic mass is 10.1. The maximum atomic E-state index is 5.83. The molecule has 0 aliphatic rings. The smallest absolute Gasteiger partial charge is 0.0508 e. The van der Waals surface area contributed by atoms with Crippen LogP contribution in [0.2, 0.25) is 0 Å². The number of likely N-dealkylation sites (N-methyl/N-ethyl adjacent to an activating group) is 1. The Balaban J connectivity index is 2.02. The first-order valence-corrected chi connectivity index (χ1v) is 7.48. The van der Waals surface area contributed by atoms with Gasteiger partial charge in [-0.15, -0.1) is 11.6 Å². The molecule has 0 atom stereocenters. The normalized spacial score (nSPS) is 10.5. The van der Waals surface area contributed by atoms with E-state index in [1.807, 2.05) is 12.4 Å². The van der Waals surface area contributed by atoms with Gasteiger partial charge in [0.1, 0.15) is 0 Å². The van der Waals surface area contributed by atoms with Gasteiger partial charge in [0.15, 0.2) is 0 Å². The van der Waals surface area contributed by atoms with Gasteiger partial charge in [-0.05, 0) is 57.7 Å². The quantitative estimate of drug-likeness (QED) is 0.757. The van der Waals surface area contributed by atoms with Crippen molar-refractivity contribution in [3.63, 3.8) is 0 Å². The molecule has 0 spiro atoms. The number of pyridine rings is 1. The first-order valence-electron chi connectivity index (χ1n) is 6.15. The number of benzene rings is 1. The molecule has 2 nitrogen and oxygen atoms in total. The van der Waals surface area contributed by atoms with Crippen molar-refractivity contribution in [2.45, 2.75) is 12.3 Å². The van der Waals surface area contributed by atoms with Crippen molar-refractivity contribution in [2.75, 3.05) is 18.5 Å². The Morgan fingerprint density at radius 2 is 1.89 bits per heavy atom. The molecule has 2 rings (SSSR count). The molecule has 0 N–H and O–H groups in total. The lowest BCUT2D eigenvalue weighted by Gasteiger charge is -2.21. The standard InChI is InChI=1S/C15H16BrClN2/c1-19(9-6-12-4-7-18-8-5-12)15-3-2-13(11-17)10-14(15)16/h2-5,7-8,10H,6,9,11H2,1H3. The predicted octanol–water partition coefficient (Wildman–Crippen LogP) is 4.26. The molecule has 19 heavy (non-hydrogen) atoms. The molecule has 4 heteroatoms. The van der Waals surface area contributed by atoms with Crippen molar-refractivity contribution >= 4 is 33.2 Å². The van der Waals surface area contributed by atoms with Crippen molar-refractivity contribution in [3.8, 4) is 0 Å². The van der Waals surface area contributed by atoms with Gasteiger partial charge >= 0.3 is 0 Å². The summed E-state index contributed by atoms with van der Waals surface area (Å²) in [4.78, 5) is 6.27. The highest BCUT2D eigenvalue weighted by atomic mass is 79.9. The van der Waals surface area contributed by atoms with Gasteiger partial charge in [-0.25, -0.2) is 0 Å². The van der Waals surface area contributed by atoms with Crippen molar-refractivity contribution in [1.82, 2.24) is 4.98 Å². The van der Waals surface area contributed by atoms with E-state index in [1.54, 1.807) is 0 Å². The van der Waals surface area contributed by atoms with E-state index in [-0.39, 0.29) is 0 Å². The molecular formula is C15H16BrClN2. The topological polar surface area (TPSA) is 16.1 Å². The number of nitrogens with zero attached hydrogens (tertiary/aromatic N) is 2. The van der Waals surface area contributed by atoms with Crippen molar-refractivity contribution in [2.24, 2.45) is 0 Å².